The molecule has 96 valence electrons. The number of carbonyl (C=O) groups excluding carboxylic acids is 1. The van der Waals surface area contributed by atoms with Crippen LogP contribution in [0.4, 0.5) is 0 Å². The number of fused-ring (bicyclic) bond motifs is 2. The highest BCUT2D eigenvalue weighted by Crippen LogP contribution is 2.39. The quantitative estimate of drug-likeness (QED) is 0.836. The number of rotatable bonds is 3. The summed E-state index contributed by atoms with van der Waals surface area (Å²) in [5, 5.41) is 0.558. The third kappa shape index (κ3) is 2.26. The summed E-state index contributed by atoms with van der Waals surface area (Å²) in [4.78, 5) is 16.5. The number of carbonyl (C=O) groups is 1. The fraction of sp³-hybridized carbons (Fsp3) is 0.571. The van der Waals surface area contributed by atoms with Crippen LogP contribution in [0.25, 0.3) is 0 Å². The highest BCUT2D eigenvalue weighted by atomic mass is 32.2. The Balaban J connectivity index is 1.66. The molecule has 3 heterocycles. The summed E-state index contributed by atoms with van der Waals surface area (Å²) in [6.45, 7) is 0. The summed E-state index contributed by atoms with van der Waals surface area (Å²) in [6, 6.07) is 5.67. The zero-order valence-electron chi connectivity index (χ0n) is 10.2. The van der Waals surface area contributed by atoms with Crippen molar-refractivity contribution in [3.63, 3.8) is 0 Å². The lowest BCUT2D eigenvalue weighted by molar-refractivity contribution is -0.122. The molecule has 0 aliphatic carbocycles. The van der Waals surface area contributed by atoms with Gasteiger partial charge in [0.15, 0.2) is 0 Å². The van der Waals surface area contributed by atoms with Gasteiger partial charge >= 0.3 is 0 Å². The SMILES string of the molecule is O=C(Cc1ccccn1)C1CC2CCC(C1)S2=O. The van der Waals surface area contributed by atoms with Crippen LogP contribution in [0.1, 0.15) is 31.4 Å². The van der Waals surface area contributed by atoms with Crippen LogP contribution in [-0.2, 0) is 22.0 Å². The molecule has 0 radical (unpaired) electrons. The summed E-state index contributed by atoms with van der Waals surface area (Å²) >= 11 is 0. The maximum Gasteiger partial charge on any atom is 0.141 e. The minimum absolute atomic E-state index is 0.113. The van der Waals surface area contributed by atoms with Gasteiger partial charge in [0, 0.05) is 45.5 Å². The number of pyridine rings is 1. The smallest absolute Gasteiger partial charge is 0.141 e. The monoisotopic (exact) mass is 263 g/mol. The fourth-order valence-electron chi connectivity index (χ4n) is 3.12. The number of nitrogens with zero attached hydrogens (tertiary/aromatic N) is 1. The average Bonchev–Trinajstić information content (AvgIpc) is 2.63. The molecule has 2 aliphatic rings. The summed E-state index contributed by atoms with van der Waals surface area (Å²) in [5.41, 5.74) is 0.849. The maximum atomic E-state index is 12.3. The molecular formula is C14H17NO2S. The Bertz CT molecular complexity index is 458. The highest BCUT2D eigenvalue weighted by Gasteiger charge is 2.42. The van der Waals surface area contributed by atoms with Gasteiger partial charge in [-0.25, -0.2) is 0 Å². The van der Waals surface area contributed by atoms with E-state index in [1.807, 2.05) is 18.2 Å². The first-order valence-electron chi connectivity index (χ1n) is 6.56. The van der Waals surface area contributed by atoms with E-state index in [2.05, 4.69) is 4.98 Å². The second-order valence-electron chi connectivity index (χ2n) is 5.28. The van der Waals surface area contributed by atoms with Gasteiger partial charge in [0.2, 0.25) is 0 Å². The third-order valence-electron chi connectivity index (χ3n) is 4.10. The molecule has 3 nitrogen and oxygen atoms in total. The van der Waals surface area contributed by atoms with Crippen molar-refractivity contribution in [2.45, 2.75) is 42.6 Å². The number of aromatic nitrogens is 1. The van der Waals surface area contributed by atoms with E-state index < -0.39 is 10.8 Å². The van der Waals surface area contributed by atoms with E-state index in [9.17, 15) is 9.00 Å². The maximum absolute atomic E-state index is 12.3. The number of Topliss-reactive ketones (excluding diaryl/α,β-unsaturated/α-hetero) is 1. The Labute approximate surface area is 109 Å². The molecule has 1 aromatic rings. The first kappa shape index (κ1) is 12.0. The summed E-state index contributed by atoms with van der Waals surface area (Å²) in [6.07, 6.45) is 5.90. The molecule has 0 saturated carbocycles. The van der Waals surface area contributed by atoms with E-state index in [0.29, 0.717) is 6.42 Å². The van der Waals surface area contributed by atoms with Crippen molar-refractivity contribution in [2.24, 2.45) is 5.92 Å². The van der Waals surface area contributed by atoms with Crippen molar-refractivity contribution in [2.75, 3.05) is 0 Å². The van der Waals surface area contributed by atoms with Gasteiger partial charge in [0.25, 0.3) is 0 Å². The fourth-order valence-corrected chi connectivity index (χ4v) is 5.25. The van der Waals surface area contributed by atoms with Gasteiger partial charge in [-0.2, -0.15) is 0 Å². The summed E-state index contributed by atoms with van der Waals surface area (Å²) in [5.74, 6) is 0.393. The van der Waals surface area contributed by atoms with E-state index in [1.54, 1.807) is 6.20 Å². The lowest BCUT2D eigenvalue weighted by atomic mass is 9.92. The topological polar surface area (TPSA) is 47.0 Å². The average molecular weight is 263 g/mol. The normalized spacial score (nSPS) is 34.4. The second kappa shape index (κ2) is 4.92. The zero-order valence-corrected chi connectivity index (χ0v) is 11.1. The molecule has 18 heavy (non-hydrogen) atoms. The Morgan fingerprint density at radius 2 is 2.00 bits per heavy atom. The third-order valence-corrected chi connectivity index (χ3v) is 6.27. The van der Waals surface area contributed by atoms with Crippen molar-refractivity contribution in [3.8, 4) is 0 Å². The van der Waals surface area contributed by atoms with Crippen LogP contribution in [0.2, 0.25) is 0 Å². The molecule has 1 aromatic heterocycles. The van der Waals surface area contributed by atoms with E-state index >= 15 is 0 Å². The first-order chi connectivity index (χ1) is 8.74. The predicted molar refractivity (Wildman–Crippen MR) is 70.6 cm³/mol. The van der Waals surface area contributed by atoms with Crippen molar-refractivity contribution in [1.29, 1.82) is 0 Å². The van der Waals surface area contributed by atoms with Crippen molar-refractivity contribution in [1.82, 2.24) is 4.98 Å². The Kier molecular flexibility index (Phi) is 3.29. The van der Waals surface area contributed by atoms with Crippen LogP contribution in [-0.4, -0.2) is 25.5 Å². The molecule has 0 N–H and O–H groups in total. The number of ketones is 1. The minimum atomic E-state index is -0.670. The van der Waals surface area contributed by atoms with Crippen LogP contribution in [0, 0.1) is 5.92 Å². The van der Waals surface area contributed by atoms with Gasteiger partial charge in [-0.15, -0.1) is 0 Å². The van der Waals surface area contributed by atoms with Crippen molar-refractivity contribution < 1.29 is 9.00 Å². The lowest BCUT2D eigenvalue weighted by Gasteiger charge is -2.26. The number of hydrogen-bond donors (Lipinski definition) is 0. The van der Waals surface area contributed by atoms with E-state index in [-0.39, 0.29) is 22.2 Å². The standard InChI is InChI=1S/C14H17NO2S/c16-14(9-11-3-1-2-6-15-11)10-7-12-4-5-13(8-10)18(12)17/h1-3,6,10,12-13H,4-5,7-9H2. The predicted octanol–water partition coefficient (Wildman–Crippen LogP) is 1.88. The van der Waals surface area contributed by atoms with Crippen LogP contribution in [0.5, 0.6) is 0 Å². The van der Waals surface area contributed by atoms with E-state index in [1.165, 1.54) is 0 Å². The molecular weight excluding hydrogens is 246 g/mol. The molecule has 2 aliphatic heterocycles. The molecule has 0 amide bonds. The molecule has 4 heteroatoms. The molecule has 2 fully saturated rings. The second-order valence-corrected chi connectivity index (χ2v) is 7.27. The molecule has 2 unspecified atom stereocenters. The van der Waals surface area contributed by atoms with Crippen LogP contribution >= 0.6 is 0 Å². The van der Waals surface area contributed by atoms with Gasteiger partial charge in [0.05, 0.1) is 0 Å². The molecule has 3 rings (SSSR count). The molecule has 0 spiro atoms. The molecule has 0 aromatic carbocycles. The van der Waals surface area contributed by atoms with Crippen LogP contribution < -0.4 is 0 Å². The van der Waals surface area contributed by atoms with E-state index in [0.717, 1.165) is 31.4 Å². The van der Waals surface area contributed by atoms with Crippen molar-refractivity contribution in [3.05, 3.63) is 30.1 Å². The summed E-state index contributed by atoms with van der Waals surface area (Å²) < 4.78 is 11.9. The van der Waals surface area contributed by atoms with E-state index in [4.69, 9.17) is 0 Å². The van der Waals surface area contributed by atoms with Crippen LogP contribution in [0.15, 0.2) is 24.4 Å². The van der Waals surface area contributed by atoms with Crippen molar-refractivity contribution >= 4 is 16.6 Å². The van der Waals surface area contributed by atoms with Gasteiger partial charge in [-0.3, -0.25) is 14.0 Å². The van der Waals surface area contributed by atoms with Crippen LogP contribution in [0.3, 0.4) is 0 Å². The summed E-state index contributed by atoms with van der Waals surface area (Å²) in [7, 11) is -0.670. The number of hydrogen-bond acceptors (Lipinski definition) is 3. The minimum Gasteiger partial charge on any atom is -0.299 e. The lowest BCUT2D eigenvalue weighted by Crippen LogP contribution is -2.33. The van der Waals surface area contributed by atoms with Gasteiger partial charge < -0.3 is 0 Å². The molecule has 2 atom stereocenters. The Morgan fingerprint density at radius 1 is 1.28 bits per heavy atom. The molecule has 2 bridgehead atoms. The zero-order chi connectivity index (χ0) is 12.5. The van der Waals surface area contributed by atoms with Gasteiger partial charge in [-0.05, 0) is 37.8 Å². The molecule has 2 saturated heterocycles. The Morgan fingerprint density at radius 3 is 2.61 bits per heavy atom. The largest absolute Gasteiger partial charge is 0.299 e. The first-order valence-corrected chi connectivity index (χ1v) is 7.83. The highest BCUT2D eigenvalue weighted by molar-refractivity contribution is 7.86. The van der Waals surface area contributed by atoms with Gasteiger partial charge in [0.1, 0.15) is 5.78 Å². The van der Waals surface area contributed by atoms with Gasteiger partial charge in [-0.1, -0.05) is 6.07 Å². The Hall–Kier alpha value is -1.03.